The summed E-state index contributed by atoms with van der Waals surface area (Å²) in [4.78, 5) is 48.9. The van der Waals surface area contributed by atoms with E-state index in [0.29, 0.717) is 82.9 Å². The molecule has 0 N–H and O–H groups in total. The number of fused-ring (bicyclic) bond motifs is 1. The highest BCUT2D eigenvalue weighted by atomic mass is 35.5. The van der Waals surface area contributed by atoms with E-state index < -0.39 is 17.7 Å². The van der Waals surface area contributed by atoms with E-state index in [4.69, 9.17) is 46.9 Å². The van der Waals surface area contributed by atoms with Crippen LogP contribution in [0.1, 0.15) is 44.5 Å². The molecule has 1 saturated heterocycles. The van der Waals surface area contributed by atoms with Crippen LogP contribution in [0.3, 0.4) is 0 Å². The topological polar surface area (TPSA) is 138 Å². The molecule has 0 radical (unpaired) electrons. The third-order valence-electron chi connectivity index (χ3n) is 10.1. The number of hydrogen-bond donors (Lipinski definition) is 0. The number of rotatable bonds is 15. The Hall–Kier alpha value is -5.61. The summed E-state index contributed by atoms with van der Waals surface area (Å²) in [7, 11) is 0. The minimum absolute atomic E-state index is 0.0750. The van der Waals surface area contributed by atoms with Crippen LogP contribution in [0.25, 0.3) is 31.8 Å². The van der Waals surface area contributed by atoms with Crippen LogP contribution in [-0.2, 0) is 27.3 Å². The van der Waals surface area contributed by atoms with Crippen LogP contribution in [-0.4, -0.2) is 99.4 Å². The van der Waals surface area contributed by atoms with Crippen LogP contribution in [0.5, 0.6) is 17.4 Å². The van der Waals surface area contributed by atoms with Gasteiger partial charge in [0.25, 0.3) is 0 Å². The summed E-state index contributed by atoms with van der Waals surface area (Å²) in [5.41, 5.74) is 3.60. The number of benzene rings is 3. The smallest absolute Gasteiger partial charge is 0.410 e. The molecule has 1 fully saturated rings. The van der Waals surface area contributed by atoms with E-state index in [2.05, 4.69) is 24.8 Å². The second-order valence-corrected chi connectivity index (χ2v) is 17.4. The summed E-state index contributed by atoms with van der Waals surface area (Å²) in [6.45, 7) is 12.9. The van der Waals surface area contributed by atoms with Gasteiger partial charge in [0.15, 0.2) is 0 Å². The lowest BCUT2D eigenvalue weighted by molar-refractivity contribution is -0.151. The summed E-state index contributed by atoms with van der Waals surface area (Å²) in [5, 5.41) is 1.06. The maximum absolute atomic E-state index is 14.3. The minimum Gasteiger partial charge on any atom is -0.491 e. The molecular weight excluding hydrogens is 871 g/mol. The minimum atomic E-state index is -1.15. The molecule has 330 valence electrons. The van der Waals surface area contributed by atoms with Gasteiger partial charge in [-0.05, 0) is 98.8 Å². The van der Waals surface area contributed by atoms with E-state index in [1.807, 2.05) is 58.0 Å². The first kappa shape index (κ1) is 45.4. The molecular formula is C46H47Cl2FN6O7S. The number of thiophene rings is 1. The van der Waals surface area contributed by atoms with Gasteiger partial charge in [0.2, 0.25) is 17.3 Å². The fraction of sp³-hybridized carbons (Fsp3) is 0.348. The van der Waals surface area contributed by atoms with E-state index in [-0.39, 0.29) is 42.7 Å². The lowest BCUT2D eigenvalue weighted by Gasteiger charge is -2.35. The third kappa shape index (κ3) is 11.3. The Labute approximate surface area is 379 Å². The highest BCUT2D eigenvalue weighted by Gasteiger charge is 2.30. The van der Waals surface area contributed by atoms with Crippen molar-refractivity contribution in [3.05, 3.63) is 112 Å². The zero-order valence-corrected chi connectivity index (χ0v) is 37.9. The average molecular weight is 918 g/mol. The lowest BCUT2D eigenvalue weighted by atomic mass is 9.96. The number of carbonyl (C=O) groups is 2. The number of hydrogen-bond acceptors (Lipinski definition) is 13. The van der Waals surface area contributed by atoms with Gasteiger partial charge in [-0.2, -0.15) is 0 Å². The molecule has 13 nitrogen and oxygen atoms in total. The summed E-state index contributed by atoms with van der Waals surface area (Å²) >= 11 is 14.5. The fourth-order valence-corrected chi connectivity index (χ4v) is 8.56. The van der Waals surface area contributed by atoms with Gasteiger partial charge in [-0.25, -0.2) is 33.9 Å². The molecule has 1 atom stereocenters. The van der Waals surface area contributed by atoms with Gasteiger partial charge in [0, 0.05) is 55.8 Å². The number of halogens is 3. The summed E-state index contributed by atoms with van der Waals surface area (Å²) in [6.07, 6.45) is 1.55. The molecule has 63 heavy (non-hydrogen) atoms. The average Bonchev–Trinajstić information content (AvgIpc) is 3.65. The molecule has 3 aromatic carbocycles. The Balaban J connectivity index is 1.17. The quantitative estimate of drug-likeness (QED) is 0.0716. The first-order valence-electron chi connectivity index (χ1n) is 20.4. The van der Waals surface area contributed by atoms with Crippen molar-refractivity contribution in [2.45, 2.75) is 59.4 Å². The van der Waals surface area contributed by atoms with E-state index >= 15 is 0 Å². The molecule has 7 rings (SSSR count). The monoisotopic (exact) mass is 916 g/mol. The number of amides is 1. The van der Waals surface area contributed by atoms with Crippen LogP contribution < -0.4 is 14.2 Å². The largest absolute Gasteiger partial charge is 0.491 e. The Morgan fingerprint density at radius 1 is 0.921 bits per heavy atom. The van der Waals surface area contributed by atoms with E-state index in [1.165, 1.54) is 29.8 Å². The zero-order valence-electron chi connectivity index (χ0n) is 35.5. The number of aromatic nitrogens is 4. The molecule has 0 aliphatic carbocycles. The van der Waals surface area contributed by atoms with Gasteiger partial charge in [-0.15, -0.1) is 11.3 Å². The molecule has 17 heteroatoms. The predicted molar refractivity (Wildman–Crippen MR) is 240 cm³/mol. The SMILES string of the molecule is CCOC(=O)C(Cc1ccccc1OCc1ccnc(Cl)n1)Oc1ncnc2sc(-c3ccc(F)cc3)c(-c3ccc(OCCN4CCN(C(=O)OC(C)(C)C)CC4)c(Cl)c3C)c12. The van der Waals surface area contributed by atoms with Crippen LogP contribution in [0, 0.1) is 12.7 Å². The number of ether oxygens (including phenoxy) is 5. The highest BCUT2D eigenvalue weighted by Crippen LogP contribution is 2.49. The Morgan fingerprint density at radius 3 is 2.41 bits per heavy atom. The van der Waals surface area contributed by atoms with Gasteiger partial charge in [0.05, 0.1) is 22.7 Å². The van der Waals surface area contributed by atoms with Crippen molar-refractivity contribution >= 4 is 56.8 Å². The van der Waals surface area contributed by atoms with Crippen LogP contribution in [0.15, 0.2) is 79.3 Å². The molecule has 0 bridgehead atoms. The normalized spacial score (nSPS) is 13.7. The lowest BCUT2D eigenvalue weighted by Crippen LogP contribution is -2.50. The molecule has 4 heterocycles. The van der Waals surface area contributed by atoms with E-state index in [0.717, 1.165) is 21.6 Å². The summed E-state index contributed by atoms with van der Waals surface area (Å²) in [5.74, 6) is 0.198. The van der Waals surface area contributed by atoms with Crippen LogP contribution in [0.4, 0.5) is 9.18 Å². The number of piperazine rings is 1. The summed E-state index contributed by atoms with van der Waals surface area (Å²) < 4.78 is 44.3. The Morgan fingerprint density at radius 2 is 1.68 bits per heavy atom. The first-order chi connectivity index (χ1) is 30.3. The number of para-hydroxylation sites is 1. The predicted octanol–water partition coefficient (Wildman–Crippen LogP) is 9.63. The van der Waals surface area contributed by atoms with Crippen molar-refractivity contribution in [1.82, 2.24) is 29.7 Å². The molecule has 1 unspecified atom stereocenters. The molecule has 1 amide bonds. The molecule has 1 aliphatic rings. The maximum Gasteiger partial charge on any atom is 0.410 e. The van der Waals surface area contributed by atoms with Gasteiger partial charge >= 0.3 is 12.1 Å². The van der Waals surface area contributed by atoms with Crippen molar-refractivity contribution in [3.8, 4) is 38.9 Å². The van der Waals surface area contributed by atoms with Gasteiger partial charge in [-0.3, -0.25) is 4.90 Å². The molecule has 6 aromatic rings. The van der Waals surface area contributed by atoms with Crippen LogP contribution in [0.2, 0.25) is 10.3 Å². The van der Waals surface area contributed by atoms with Crippen molar-refractivity contribution in [2.24, 2.45) is 0 Å². The number of carbonyl (C=O) groups excluding carboxylic acids is 2. The van der Waals surface area contributed by atoms with Crippen molar-refractivity contribution < 1.29 is 37.7 Å². The first-order valence-corrected chi connectivity index (χ1v) is 22.0. The van der Waals surface area contributed by atoms with Crippen molar-refractivity contribution in [2.75, 3.05) is 45.9 Å². The molecule has 0 saturated carbocycles. The van der Waals surface area contributed by atoms with E-state index in [1.54, 1.807) is 42.3 Å². The zero-order chi connectivity index (χ0) is 44.7. The van der Waals surface area contributed by atoms with Gasteiger partial charge in [-0.1, -0.05) is 48.0 Å². The molecule has 1 aliphatic heterocycles. The van der Waals surface area contributed by atoms with Crippen LogP contribution >= 0.6 is 34.5 Å². The number of nitrogens with zero attached hydrogens (tertiary/aromatic N) is 6. The van der Waals surface area contributed by atoms with Gasteiger partial charge in [0.1, 0.15) is 47.3 Å². The van der Waals surface area contributed by atoms with E-state index in [9.17, 15) is 14.0 Å². The Bertz CT molecular complexity index is 2570. The highest BCUT2D eigenvalue weighted by molar-refractivity contribution is 7.22. The van der Waals surface area contributed by atoms with Gasteiger partial charge < -0.3 is 28.6 Å². The number of esters is 1. The van der Waals surface area contributed by atoms with Crippen molar-refractivity contribution in [3.63, 3.8) is 0 Å². The van der Waals surface area contributed by atoms with Crippen molar-refractivity contribution in [1.29, 1.82) is 0 Å². The molecule has 0 spiro atoms. The second kappa shape index (κ2) is 20.3. The standard InChI is InChI=1S/C46H47Cl2FN6O7S/c1-6-58-43(56)36(25-30-9-7-8-10-34(30)60-26-32-17-18-50-44(48)53-32)61-41-38-37(40(63-42(38)52-27-51-41)29-11-13-31(49)14-12-29)33-15-16-35(39(47)28(33)2)59-24-23-54-19-21-55(22-20-54)45(57)62-46(3,4)5/h7-18,27,36H,6,19-26H2,1-5H3. The Kier molecular flexibility index (Phi) is 14.6. The summed E-state index contributed by atoms with van der Waals surface area (Å²) in [6, 6.07) is 19.0. The fourth-order valence-electron chi connectivity index (χ4n) is 7.02. The second-order valence-electron chi connectivity index (χ2n) is 15.7. The maximum atomic E-state index is 14.3. The third-order valence-corrected chi connectivity index (χ3v) is 11.9. The molecule has 3 aromatic heterocycles.